The topological polar surface area (TPSA) is 115 Å². The van der Waals surface area contributed by atoms with Crippen LogP contribution < -0.4 is 16.2 Å². The van der Waals surface area contributed by atoms with Crippen LogP contribution in [-0.4, -0.2) is 31.1 Å². The van der Waals surface area contributed by atoms with Gasteiger partial charge in [-0.1, -0.05) is 26.1 Å². The van der Waals surface area contributed by atoms with Gasteiger partial charge in [-0.3, -0.25) is 4.79 Å². The van der Waals surface area contributed by atoms with E-state index in [1.165, 1.54) is 0 Å². The van der Waals surface area contributed by atoms with Crippen LogP contribution in [0.25, 0.3) is 0 Å². The molecule has 0 aromatic heterocycles. The Balaban J connectivity index is 4.68. The predicted molar refractivity (Wildman–Crippen MR) is 61.5 cm³/mol. The Morgan fingerprint density at radius 1 is 1.40 bits per heavy atom. The molecule has 1 amide bonds. The van der Waals surface area contributed by atoms with E-state index in [9.17, 15) is 13.2 Å². The van der Waals surface area contributed by atoms with Crippen molar-refractivity contribution in [2.75, 3.05) is 5.75 Å². The van der Waals surface area contributed by atoms with E-state index in [1.807, 2.05) is 0 Å². The molecule has 0 heterocycles. The van der Waals surface area contributed by atoms with Gasteiger partial charge in [0.2, 0.25) is 15.9 Å². The number of nitrogens with one attached hydrogen (secondary N) is 1. The lowest BCUT2D eigenvalue weighted by Gasteiger charge is -2.18. The minimum Gasteiger partial charge on any atom is -0.392 e. The number of carbonyl (C=O) groups excluding carboxylic acids is 1. The SMILES string of the molecule is CC(C)C(NS(=O)(=O)CC(N)=S)C(N)=O. The molecule has 0 saturated carbocycles. The summed E-state index contributed by atoms with van der Waals surface area (Å²) in [5.41, 5.74) is 10.1. The maximum Gasteiger partial charge on any atom is 0.235 e. The number of hydrogen-bond donors (Lipinski definition) is 3. The molecule has 0 fully saturated rings. The van der Waals surface area contributed by atoms with Crippen LogP contribution in [0.4, 0.5) is 0 Å². The molecule has 0 aliphatic rings. The molecule has 0 rings (SSSR count). The second-order valence-corrected chi connectivity index (χ2v) is 5.75. The van der Waals surface area contributed by atoms with Gasteiger partial charge < -0.3 is 11.5 Å². The summed E-state index contributed by atoms with van der Waals surface area (Å²) in [4.78, 5) is 10.8. The third-order valence-electron chi connectivity index (χ3n) is 1.61. The molecule has 0 aromatic rings. The summed E-state index contributed by atoms with van der Waals surface area (Å²) in [5.74, 6) is -1.45. The van der Waals surface area contributed by atoms with Crippen LogP contribution in [-0.2, 0) is 14.8 Å². The van der Waals surface area contributed by atoms with Crippen molar-refractivity contribution in [2.24, 2.45) is 17.4 Å². The fraction of sp³-hybridized carbons (Fsp3) is 0.714. The van der Waals surface area contributed by atoms with Crippen molar-refractivity contribution in [3.05, 3.63) is 0 Å². The second kappa shape index (κ2) is 5.38. The van der Waals surface area contributed by atoms with E-state index in [-0.39, 0.29) is 10.9 Å². The predicted octanol–water partition coefficient (Wildman–Crippen LogP) is -1.30. The van der Waals surface area contributed by atoms with E-state index in [0.717, 1.165) is 0 Å². The van der Waals surface area contributed by atoms with Gasteiger partial charge in [-0.2, -0.15) is 0 Å². The molecule has 0 aliphatic heterocycles. The summed E-state index contributed by atoms with van der Waals surface area (Å²) >= 11 is 4.47. The summed E-state index contributed by atoms with van der Waals surface area (Å²) in [5, 5.41) is 0. The van der Waals surface area contributed by atoms with Crippen LogP contribution in [0.15, 0.2) is 0 Å². The summed E-state index contributed by atoms with van der Waals surface area (Å²) in [6.07, 6.45) is 0. The summed E-state index contributed by atoms with van der Waals surface area (Å²) in [6, 6.07) is -0.940. The van der Waals surface area contributed by atoms with E-state index >= 15 is 0 Å². The smallest absolute Gasteiger partial charge is 0.235 e. The number of nitrogens with two attached hydrogens (primary N) is 2. The van der Waals surface area contributed by atoms with Crippen LogP contribution in [0.5, 0.6) is 0 Å². The van der Waals surface area contributed by atoms with Gasteiger partial charge in [-0.15, -0.1) is 0 Å². The lowest BCUT2D eigenvalue weighted by molar-refractivity contribution is -0.120. The average Bonchev–Trinajstić information content (AvgIpc) is 1.96. The zero-order valence-corrected chi connectivity index (χ0v) is 10.2. The van der Waals surface area contributed by atoms with Gasteiger partial charge in [0.15, 0.2) is 0 Å². The number of hydrogen-bond acceptors (Lipinski definition) is 4. The molecule has 5 N–H and O–H groups in total. The van der Waals surface area contributed by atoms with Crippen molar-refractivity contribution in [3.63, 3.8) is 0 Å². The summed E-state index contributed by atoms with van der Waals surface area (Å²) in [6.45, 7) is 3.36. The first-order valence-corrected chi connectivity index (χ1v) is 6.29. The zero-order chi connectivity index (χ0) is 12.2. The third-order valence-corrected chi connectivity index (χ3v) is 3.24. The van der Waals surface area contributed by atoms with E-state index in [0.29, 0.717) is 0 Å². The minimum atomic E-state index is -3.69. The van der Waals surface area contributed by atoms with Crippen LogP contribution >= 0.6 is 12.2 Å². The van der Waals surface area contributed by atoms with E-state index in [2.05, 4.69) is 16.9 Å². The summed E-state index contributed by atoms with van der Waals surface area (Å²) in [7, 11) is -3.69. The standard InChI is InChI=1S/C7H15N3O3S2/c1-4(2)6(7(9)11)10-15(12,13)3-5(8)14/h4,6,10H,3H2,1-2H3,(H2,8,14)(H2,9,11). The largest absolute Gasteiger partial charge is 0.392 e. The molecule has 15 heavy (non-hydrogen) atoms. The third kappa shape index (κ3) is 5.65. The van der Waals surface area contributed by atoms with Gasteiger partial charge in [0.05, 0.1) is 4.99 Å². The molecular weight excluding hydrogens is 238 g/mol. The quantitative estimate of drug-likeness (QED) is 0.509. The first kappa shape index (κ1) is 14.3. The monoisotopic (exact) mass is 253 g/mol. The molecule has 88 valence electrons. The van der Waals surface area contributed by atoms with Crippen LogP contribution in [0.3, 0.4) is 0 Å². The molecule has 0 aromatic carbocycles. The Labute approximate surface area is 94.4 Å². The van der Waals surface area contributed by atoms with Crippen molar-refractivity contribution in [1.29, 1.82) is 0 Å². The first-order valence-electron chi connectivity index (χ1n) is 4.23. The van der Waals surface area contributed by atoms with Crippen LogP contribution in [0, 0.1) is 5.92 Å². The molecule has 0 aliphatic carbocycles. The Morgan fingerprint density at radius 2 is 1.87 bits per heavy atom. The molecule has 1 atom stereocenters. The number of rotatable bonds is 6. The van der Waals surface area contributed by atoms with Crippen molar-refractivity contribution < 1.29 is 13.2 Å². The highest BCUT2D eigenvalue weighted by Gasteiger charge is 2.25. The van der Waals surface area contributed by atoms with Crippen molar-refractivity contribution in [2.45, 2.75) is 19.9 Å². The molecule has 0 saturated heterocycles. The lowest BCUT2D eigenvalue weighted by atomic mass is 10.1. The highest BCUT2D eigenvalue weighted by molar-refractivity contribution is 7.92. The van der Waals surface area contributed by atoms with Crippen molar-refractivity contribution in [1.82, 2.24) is 4.72 Å². The molecule has 0 bridgehead atoms. The van der Waals surface area contributed by atoms with Crippen molar-refractivity contribution >= 4 is 33.1 Å². The number of thiocarbonyl (C=S) groups is 1. The second-order valence-electron chi connectivity index (χ2n) is 3.47. The molecule has 1 unspecified atom stereocenters. The molecule has 0 radical (unpaired) electrons. The van der Waals surface area contributed by atoms with E-state index in [4.69, 9.17) is 11.5 Å². The molecule has 0 spiro atoms. The van der Waals surface area contributed by atoms with Crippen molar-refractivity contribution in [3.8, 4) is 0 Å². The highest BCUT2D eigenvalue weighted by atomic mass is 32.2. The van der Waals surface area contributed by atoms with Gasteiger partial charge in [0.1, 0.15) is 11.8 Å². The van der Waals surface area contributed by atoms with Crippen LogP contribution in [0.1, 0.15) is 13.8 Å². The fourth-order valence-corrected chi connectivity index (χ4v) is 2.64. The molecular formula is C7H15N3O3S2. The van der Waals surface area contributed by atoms with E-state index < -0.39 is 27.7 Å². The summed E-state index contributed by atoms with van der Waals surface area (Å²) < 4.78 is 24.9. The Kier molecular flexibility index (Phi) is 5.12. The molecule has 6 nitrogen and oxygen atoms in total. The number of amides is 1. The first-order chi connectivity index (χ1) is 6.65. The average molecular weight is 253 g/mol. The normalized spacial score (nSPS) is 13.8. The Hall–Kier alpha value is -0.730. The maximum absolute atomic E-state index is 11.4. The molecule has 8 heteroatoms. The number of primary amides is 1. The minimum absolute atomic E-state index is 0.158. The fourth-order valence-electron chi connectivity index (χ4n) is 0.945. The van der Waals surface area contributed by atoms with E-state index in [1.54, 1.807) is 13.8 Å². The maximum atomic E-state index is 11.4. The lowest BCUT2D eigenvalue weighted by Crippen LogP contribution is -2.49. The van der Waals surface area contributed by atoms with Crippen LogP contribution in [0.2, 0.25) is 0 Å². The van der Waals surface area contributed by atoms with Gasteiger partial charge in [0, 0.05) is 0 Å². The van der Waals surface area contributed by atoms with Gasteiger partial charge >= 0.3 is 0 Å². The number of sulfonamides is 1. The zero-order valence-electron chi connectivity index (χ0n) is 8.56. The number of carbonyl (C=O) groups is 1. The van der Waals surface area contributed by atoms with Gasteiger partial charge in [-0.05, 0) is 5.92 Å². The highest BCUT2D eigenvalue weighted by Crippen LogP contribution is 2.02. The van der Waals surface area contributed by atoms with Gasteiger partial charge in [-0.25, -0.2) is 13.1 Å². The Bertz CT molecular complexity index is 350. The van der Waals surface area contributed by atoms with Gasteiger partial charge in [0.25, 0.3) is 0 Å². The Morgan fingerprint density at radius 3 is 2.13 bits per heavy atom.